The van der Waals surface area contributed by atoms with Gasteiger partial charge >= 0.3 is 0 Å². The Balaban J connectivity index is 1.31. The first-order valence-electron chi connectivity index (χ1n) is 10.5. The summed E-state index contributed by atoms with van der Waals surface area (Å²) >= 11 is 6.41. The third kappa shape index (κ3) is 3.46. The van der Waals surface area contributed by atoms with Crippen LogP contribution in [0.5, 0.6) is 5.75 Å². The lowest BCUT2D eigenvalue weighted by Crippen LogP contribution is -2.48. The van der Waals surface area contributed by atoms with Crippen LogP contribution in [0.2, 0.25) is 5.02 Å². The highest BCUT2D eigenvalue weighted by molar-refractivity contribution is 7.85. The van der Waals surface area contributed by atoms with Crippen LogP contribution in [-0.2, 0) is 10.8 Å². The predicted octanol–water partition coefficient (Wildman–Crippen LogP) is 6.12. The van der Waals surface area contributed by atoms with Crippen molar-refractivity contribution in [3.63, 3.8) is 0 Å². The average Bonchev–Trinajstić information content (AvgIpc) is 3.15. The van der Waals surface area contributed by atoms with Gasteiger partial charge in [-0.15, -0.1) is 0 Å². The SMILES string of the molecule is O=S(c1cc(Cl)c(OCC23CC4CC(CC(C4)C2)C3)cc1F)C1CCCC1. The van der Waals surface area contributed by atoms with Gasteiger partial charge in [0.25, 0.3) is 0 Å². The Morgan fingerprint density at radius 1 is 1.07 bits per heavy atom. The van der Waals surface area contributed by atoms with E-state index in [4.69, 9.17) is 16.3 Å². The molecule has 1 aromatic carbocycles. The summed E-state index contributed by atoms with van der Waals surface area (Å²) in [5.41, 5.74) is 0.264. The first-order valence-corrected chi connectivity index (χ1v) is 12.1. The summed E-state index contributed by atoms with van der Waals surface area (Å²) in [6.45, 7) is 0.640. The molecule has 27 heavy (non-hydrogen) atoms. The van der Waals surface area contributed by atoms with E-state index in [-0.39, 0.29) is 15.6 Å². The van der Waals surface area contributed by atoms with Crippen molar-refractivity contribution in [3.05, 3.63) is 23.0 Å². The van der Waals surface area contributed by atoms with Crippen molar-refractivity contribution in [3.8, 4) is 5.75 Å². The topological polar surface area (TPSA) is 26.3 Å². The summed E-state index contributed by atoms with van der Waals surface area (Å²) < 4.78 is 33.5. The Morgan fingerprint density at radius 2 is 1.67 bits per heavy atom. The van der Waals surface area contributed by atoms with Crippen molar-refractivity contribution in [1.29, 1.82) is 0 Å². The minimum atomic E-state index is -1.32. The minimum Gasteiger partial charge on any atom is -0.491 e. The molecule has 5 heteroatoms. The van der Waals surface area contributed by atoms with E-state index in [1.807, 2.05) is 0 Å². The molecule has 0 radical (unpaired) electrons. The normalized spacial score (nSPS) is 36.3. The zero-order chi connectivity index (χ0) is 18.6. The highest BCUT2D eigenvalue weighted by Gasteiger charge is 2.51. The highest BCUT2D eigenvalue weighted by Crippen LogP contribution is 2.60. The lowest BCUT2D eigenvalue weighted by atomic mass is 9.50. The average molecular weight is 411 g/mol. The zero-order valence-corrected chi connectivity index (χ0v) is 17.3. The molecular formula is C22H28ClFO2S. The van der Waals surface area contributed by atoms with Gasteiger partial charge in [-0.2, -0.15) is 0 Å². The van der Waals surface area contributed by atoms with Crippen LogP contribution in [-0.4, -0.2) is 16.1 Å². The lowest BCUT2D eigenvalue weighted by molar-refractivity contribution is -0.0745. The monoisotopic (exact) mass is 410 g/mol. The van der Waals surface area contributed by atoms with Gasteiger partial charge in [0.2, 0.25) is 0 Å². The van der Waals surface area contributed by atoms with Crippen LogP contribution in [0.3, 0.4) is 0 Å². The molecule has 2 nitrogen and oxygen atoms in total. The van der Waals surface area contributed by atoms with E-state index in [1.165, 1.54) is 44.6 Å². The van der Waals surface area contributed by atoms with Crippen molar-refractivity contribution in [2.45, 2.75) is 74.4 Å². The Labute approximate surface area is 168 Å². The van der Waals surface area contributed by atoms with Crippen LogP contribution in [0, 0.1) is 29.0 Å². The minimum absolute atomic E-state index is 0.0642. The van der Waals surface area contributed by atoms with E-state index in [0.29, 0.717) is 17.4 Å². The van der Waals surface area contributed by atoms with Gasteiger partial charge < -0.3 is 4.74 Å². The van der Waals surface area contributed by atoms with Gasteiger partial charge in [0, 0.05) is 16.7 Å². The Morgan fingerprint density at radius 3 is 2.26 bits per heavy atom. The van der Waals surface area contributed by atoms with E-state index in [2.05, 4.69) is 0 Å². The summed E-state index contributed by atoms with van der Waals surface area (Å²) in [4.78, 5) is 0.244. The second-order valence-corrected chi connectivity index (χ2v) is 11.7. The van der Waals surface area contributed by atoms with Gasteiger partial charge in [-0.05, 0) is 75.2 Å². The van der Waals surface area contributed by atoms with Gasteiger partial charge in [-0.3, -0.25) is 4.21 Å². The van der Waals surface area contributed by atoms with Gasteiger partial charge in [0.1, 0.15) is 11.6 Å². The second-order valence-electron chi connectivity index (χ2n) is 9.62. The van der Waals surface area contributed by atoms with Gasteiger partial charge in [-0.1, -0.05) is 24.4 Å². The van der Waals surface area contributed by atoms with E-state index in [0.717, 1.165) is 43.4 Å². The molecule has 1 unspecified atom stereocenters. The van der Waals surface area contributed by atoms with Gasteiger partial charge in [0.05, 0.1) is 27.3 Å². The van der Waals surface area contributed by atoms with Gasteiger partial charge in [-0.25, -0.2) is 4.39 Å². The first kappa shape index (κ1) is 18.4. The van der Waals surface area contributed by atoms with E-state index in [1.54, 1.807) is 6.07 Å². The molecule has 5 saturated carbocycles. The van der Waals surface area contributed by atoms with Crippen LogP contribution in [0.1, 0.15) is 64.2 Å². The molecule has 5 aliphatic rings. The maximum atomic E-state index is 14.7. The Hall–Kier alpha value is -0.610. The summed E-state index contributed by atoms with van der Waals surface area (Å²) in [6, 6.07) is 2.91. The Bertz CT molecular complexity index is 724. The maximum absolute atomic E-state index is 14.7. The number of ether oxygens (including phenoxy) is 1. The highest BCUT2D eigenvalue weighted by atomic mass is 35.5. The summed E-state index contributed by atoms with van der Waals surface area (Å²) in [7, 11) is -1.32. The fourth-order valence-corrected chi connectivity index (χ4v) is 8.64. The molecule has 0 amide bonds. The molecule has 0 aliphatic heterocycles. The van der Waals surface area contributed by atoms with Crippen molar-refractivity contribution < 1.29 is 13.3 Å². The van der Waals surface area contributed by atoms with E-state index < -0.39 is 16.6 Å². The van der Waals surface area contributed by atoms with Crippen molar-refractivity contribution >= 4 is 22.4 Å². The summed E-state index contributed by atoms with van der Waals surface area (Å²) in [5, 5.41) is 0.455. The van der Waals surface area contributed by atoms with Crippen LogP contribution >= 0.6 is 11.6 Å². The molecule has 0 spiro atoms. The largest absolute Gasteiger partial charge is 0.491 e. The molecule has 1 aromatic rings. The predicted molar refractivity (Wildman–Crippen MR) is 106 cm³/mol. The lowest BCUT2D eigenvalue weighted by Gasteiger charge is -2.56. The Kier molecular flexibility index (Phi) is 4.79. The molecule has 148 valence electrons. The maximum Gasteiger partial charge on any atom is 0.143 e. The fourth-order valence-electron chi connectivity index (χ4n) is 6.75. The molecule has 5 aliphatic carbocycles. The molecule has 0 aromatic heterocycles. The molecule has 5 fully saturated rings. The van der Waals surface area contributed by atoms with Crippen molar-refractivity contribution in [1.82, 2.24) is 0 Å². The molecule has 4 bridgehead atoms. The zero-order valence-electron chi connectivity index (χ0n) is 15.7. The standard InChI is InChI=1S/C22H28ClFO2S/c23-18-8-21(27(25)17-3-1-2-4-17)19(24)9-20(18)26-13-22-10-14-5-15(11-22)7-16(6-14)12-22/h8-9,14-17H,1-7,10-13H2. The first-order chi connectivity index (χ1) is 13.0. The molecular weight excluding hydrogens is 383 g/mol. The van der Waals surface area contributed by atoms with Crippen molar-refractivity contribution in [2.75, 3.05) is 6.61 Å². The van der Waals surface area contributed by atoms with Crippen LogP contribution in [0.15, 0.2) is 17.0 Å². The second kappa shape index (κ2) is 7.02. The molecule has 0 heterocycles. The quantitative estimate of drug-likeness (QED) is 0.584. The fraction of sp³-hybridized carbons (Fsp3) is 0.727. The molecule has 0 saturated heterocycles. The van der Waals surface area contributed by atoms with E-state index in [9.17, 15) is 8.60 Å². The third-order valence-corrected chi connectivity index (χ3v) is 9.63. The van der Waals surface area contributed by atoms with Crippen LogP contribution in [0.25, 0.3) is 0 Å². The molecule has 6 rings (SSSR count). The summed E-state index contributed by atoms with van der Waals surface area (Å²) in [6.07, 6.45) is 11.9. The number of hydrogen-bond donors (Lipinski definition) is 0. The van der Waals surface area contributed by atoms with Crippen LogP contribution in [0.4, 0.5) is 4.39 Å². The number of benzene rings is 1. The molecule has 0 N–H and O–H groups in total. The third-order valence-electron chi connectivity index (χ3n) is 7.51. The smallest absolute Gasteiger partial charge is 0.143 e. The summed E-state index contributed by atoms with van der Waals surface area (Å²) in [5.74, 6) is 2.57. The van der Waals surface area contributed by atoms with Crippen LogP contribution < -0.4 is 4.74 Å². The number of rotatable bonds is 5. The van der Waals surface area contributed by atoms with Gasteiger partial charge in [0.15, 0.2) is 0 Å². The van der Waals surface area contributed by atoms with Crippen molar-refractivity contribution in [2.24, 2.45) is 23.2 Å². The van der Waals surface area contributed by atoms with E-state index >= 15 is 0 Å². The number of halogens is 2. The number of hydrogen-bond acceptors (Lipinski definition) is 2. The molecule has 1 atom stereocenters.